The normalized spacial score (nSPS) is 24.4. The Bertz CT molecular complexity index is 413. The molecule has 17 heavy (non-hydrogen) atoms. The molecule has 90 valence electrons. The summed E-state index contributed by atoms with van der Waals surface area (Å²) < 4.78 is 4.87. The van der Waals surface area contributed by atoms with Crippen LogP contribution < -0.4 is 5.32 Å². The van der Waals surface area contributed by atoms with Gasteiger partial charge in [0.05, 0.1) is 13.0 Å². The minimum atomic E-state index is -0.177. The first-order valence-electron chi connectivity index (χ1n) is 5.75. The molecule has 1 N–H and O–H groups in total. The number of nitrogens with one attached hydrogen (secondary N) is 1. The van der Waals surface area contributed by atoms with Gasteiger partial charge in [0.1, 0.15) is 0 Å². The molecule has 1 heterocycles. The summed E-state index contributed by atoms with van der Waals surface area (Å²) in [7, 11) is 1.43. The summed E-state index contributed by atoms with van der Waals surface area (Å²) in [5.41, 5.74) is 2.17. The fourth-order valence-electron chi connectivity index (χ4n) is 2.28. The molecule has 0 radical (unpaired) electrons. The van der Waals surface area contributed by atoms with E-state index < -0.39 is 0 Å². The average molecular weight is 231 g/mol. The molecule has 2 unspecified atom stereocenters. The zero-order valence-electron chi connectivity index (χ0n) is 9.98. The standard InChI is InChI=1S/C14H17NO2/c1-10-8-12(14(16)17-2)13(15-9-10)11-6-4-3-5-7-11/h3-7,12-13,15H,1,8-9H2,2H3. The van der Waals surface area contributed by atoms with Crippen molar-refractivity contribution in [2.45, 2.75) is 12.5 Å². The van der Waals surface area contributed by atoms with Gasteiger partial charge >= 0.3 is 5.97 Å². The number of ether oxygens (including phenoxy) is 1. The molecule has 1 aliphatic rings. The second-order valence-corrected chi connectivity index (χ2v) is 4.35. The highest BCUT2D eigenvalue weighted by Crippen LogP contribution is 2.31. The van der Waals surface area contributed by atoms with Crippen molar-refractivity contribution >= 4 is 5.97 Å². The quantitative estimate of drug-likeness (QED) is 0.625. The van der Waals surface area contributed by atoms with Gasteiger partial charge in [0.2, 0.25) is 0 Å². The fraction of sp³-hybridized carbons (Fsp3) is 0.357. The number of hydrogen-bond donors (Lipinski definition) is 1. The number of esters is 1. The molecule has 2 atom stereocenters. The van der Waals surface area contributed by atoms with Gasteiger partial charge in [-0.15, -0.1) is 0 Å². The van der Waals surface area contributed by atoms with Crippen molar-refractivity contribution in [1.29, 1.82) is 0 Å². The lowest BCUT2D eigenvalue weighted by molar-refractivity contribution is -0.147. The second-order valence-electron chi connectivity index (χ2n) is 4.35. The molecule has 3 heteroatoms. The molecule has 1 fully saturated rings. The summed E-state index contributed by atoms with van der Waals surface area (Å²) >= 11 is 0. The van der Waals surface area contributed by atoms with Crippen molar-refractivity contribution in [2.75, 3.05) is 13.7 Å². The van der Waals surface area contributed by atoms with Crippen molar-refractivity contribution < 1.29 is 9.53 Å². The van der Waals surface area contributed by atoms with Crippen molar-refractivity contribution in [1.82, 2.24) is 5.32 Å². The zero-order valence-corrected chi connectivity index (χ0v) is 9.98. The van der Waals surface area contributed by atoms with Gasteiger partial charge in [-0.2, -0.15) is 0 Å². The SMILES string of the molecule is C=C1CNC(c2ccccc2)C(C(=O)OC)C1. The van der Waals surface area contributed by atoms with Crippen LogP contribution in [0.3, 0.4) is 0 Å². The maximum absolute atomic E-state index is 11.8. The number of carbonyl (C=O) groups is 1. The van der Waals surface area contributed by atoms with E-state index in [4.69, 9.17) is 4.74 Å². The summed E-state index contributed by atoms with van der Waals surface area (Å²) in [5.74, 6) is -0.351. The van der Waals surface area contributed by atoms with E-state index in [0.29, 0.717) is 6.42 Å². The van der Waals surface area contributed by atoms with Gasteiger partial charge in [0.15, 0.2) is 0 Å². The van der Waals surface area contributed by atoms with Crippen molar-refractivity contribution in [3.8, 4) is 0 Å². The van der Waals surface area contributed by atoms with Crippen LogP contribution in [-0.2, 0) is 9.53 Å². The third-order valence-corrected chi connectivity index (χ3v) is 3.15. The highest BCUT2D eigenvalue weighted by molar-refractivity contribution is 5.74. The molecule has 0 saturated carbocycles. The maximum atomic E-state index is 11.8. The van der Waals surface area contributed by atoms with Gasteiger partial charge in [-0.1, -0.05) is 42.5 Å². The third kappa shape index (κ3) is 2.56. The number of piperidine rings is 1. The Morgan fingerprint density at radius 1 is 1.41 bits per heavy atom. The highest BCUT2D eigenvalue weighted by Gasteiger charge is 2.33. The molecule has 0 aliphatic carbocycles. The lowest BCUT2D eigenvalue weighted by atomic mass is 9.84. The summed E-state index contributed by atoms with van der Waals surface area (Å²) in [6.45, 7) is 4.70. The Morgan fingerprint density at radius 3 is 2.76 bits per heavy atom. The Kier molecular flexibility index (Phi) is 3.59. The molecule has 0 bridgehead atoms. The van der Waals surface area contributed by atoms with Crippen LogP contribution in [0, 0.1) is 5.92 Å². The summed E-state index contributed by atoms with van der Waals surface area (Å²) in [6, 6.07) is 10.0. The Hall–Kier alpha value is -1.61. The third-order valence-electron chi connectivity index (χ3n) is 3.15. The first-order chi connectivity index (χ1) is 8.22. The van der Waals surface area contributed by atoms with Crippen molar-refractivity contribution in [3.05, 3.63) is 48.0 Å². The van der Waals surface area contributed by atoms with Crippen LogP contribution in [0.4, 0.5) is 0 Å². The van der Waals surface area contributed by atoms with Crippen LogP contribution in [0.25, 0.3) is 0 Å². The van der Waals surface area contributed by atoms with E-state index in [2.05, 4.69) is 11.9 Å². The second kappa shape index (κ2) is 5.15. The van der Waals surface area contributed by atoms with Gasteiger partial charge < -0.3 is 10.1 Å². The maximum Gasteiger partial charge on any atom is 0.310 e. The van der Waals surface area contributed by atoms with Crippen molar-refractivity contribution in [3.63, 3.8) is 0 Å². The smallest absolute Gasteiger partial charge is 0.310 e. The monoisotopic (exact) mass is 231 g/mol. The fourth-order valence-corrected chi connectivity index (χ4v) is 2.28. The minimum Gasteiger partial charge on any atom is -0.469 e. The average Bonchev–Trinajstić information content (AvgIpc) is 2.38. The van der Waals surface area contributed by atoms with E-state index in [-0.39, 0.29) is 17.9 Å². The van der Waals surface area contributed by atoms with Crippen LogP contribution in [0.5, 0.6) is 0 Å². The van der Waals surface area contributed by atoms with Crippen LogP contribution in [-0.4, -0.2) is 19.6 Å². The van der Waals surface area contributed by atoms with E-state index in [9.17, 15) is 4.79 Å². The van der Waals surface area contributed by atoms with E-state index in [0.717, 1.165) is 17.7 Å². The van der Waals surface area contributed by atoms with E-state index >= 15 is 0 Å². The Morgan fingerprint density at radius 2 is 2.12 bits per heavy atom. The molecular weight excluding hydrogens is 214 g/mol. The lowest BCUT2D eigenvalue weighted by Gasteiger charge is -2.32. The lowest BCUT2D eigenvalue weighted by Crippen LogP contribution is -2.39. The predicted octanol–water partition coefficient (Wildman–Crippen LogP) is 2.07. The van der Waals surface area contributed by atoms with Gasteiger partial charge in [0, 0.05) is 12.6 Å². The summed E-state index contributed by atoms with van der Waals surface area (Å²) in [6.07, 6.45) is 0.694. The number of hydrogen-bond acceptors (Lipinski definition) is 3. The first kappa shape index (κ1) is 11.9. The number of rotatable bonds is 2. The van der Waals surface area contributed by atoms with Gasteiger partial charge in [-0.05, 0) is 12.0 Å². The zero-order chi connectivity index (χ0) is 12.3. The van der Waals surface area contributed by atoms with Crippen LogP contribution in [0.1, 0.15) is 18.0 Å². The van der Waals surface area contributed by atoms with E-state index in [1.54, 1.807) is 0 Å². The van der Waals surface area contributed by atoms with Gasteiger partial charge in [-0.3, -0.25) is 4.79 Å². The minimum absolute atomic E-state index is 0.0224. The largest absolute Gasteiger partial charge is 0.469 e. The van der Waals surface area contributed by atoms with Gasteiger partial charge in [0.25, 0.3) is 0 Å². The summed E-state index contributed by atoms with van der Waals surface area (Å²) in [5, 5.41) is 3.35. The number of methoxy groups -OCH3 is 1. The highest BCUT2D eigenvalue weighted by atomic mass is 16.5. The predicted molar refractivity (Wildman–Crippen MR) is 66.4 cm³/mol. The van der Waals surface area contributed by atoms with Gasteiger partial charge in [-0.25, -0.2) is 0 Å². The Labute approximate surface area is 101 Å². The molecule has 2 rings (SSSR count). The molecule has 1 saturated heterocycles. The molecule has 0 aromatic heterocycles. The molecule has 0 spiro atoms. The number of benzene rings is 1. The van der Waals surface area contributed by atoms with E-state index in [1.807, 2.05) is 30.3 Å². The summed E-state index contributed by atoms with van der Waals surface area (Å²) in [4.78, 5) is 11.8. The Balaban J connectivity index is 2.24. The molecule has 3 nitrogen and oxygen atoms in total. The number of carbonyl (C=O) groups excluding carboxylic acids is 1. The molecule has 1 aliphatic heterocycles. The first-order valence-corrected chi connectivity index (χ1v) is 5.75. The van der Waals surface area contributed by atoms with Crippen LogP contribution >= 0.6 is 0 Å². The molecule has 1 aromatic rings. The molecule has 0 amide bonds. The van der Waals surface area contributed by atoms with Crippen molar-refractivity contribution in [2.24, 2.45) is 5.92 Å². The van der Waals surface area contributed by atoms with E-state index in [1.165, 1.54) is 7.11 Å². The topological polar surface area (TPSA) is 38.3 Å². The molecule has 1 aromatic carbocycles. The molecular formula is C14H17NO2. The van der Waals surface area contributed by atoms with Crippen LogP contribution in [0.15, 0.2) is 42.5 Å². The van der Waals surface area contributed by atoms with Crippen LogP contribution in [0.2, 0.25) is 0 Å².